The first kappa shape index (κ1) is 38.7. The number of nitrogens with zero attached hydrogens (tertiary/aromatic N) is 1. The molecule has 2 heteroatoms. The first-order valence-corrected chi connectivity index (χ1v) is 22.8. The standard InChI is InChI=1S/C63H47NO/c1-63(2)54-35-15-10-31-52(54)61-50(33-20-36-55(61)63)48-29-12-17-38-57(48)64(58-39-18-13-30-49(58)51-34-21-41-60-62(51)53-32-14-19-40-59(53)65-60)56-37-16-11-28-47(56)46-27-9-8-26-45(46)44-25-7-6-24-43(44)42-22-4-3-5-23-42/h3-22,24-42H,23H2,1-2H3. The summed E-state index contributed by atoms with van der Waals surface area (Å²) in [6, 6.07) is 75.6. The second kappa shape index (κ2) is 15.7. The molecule has 2 aliphatic carbocycles. The van der Waals surface area contributed by atoms with Gasteiger partial charge in [0.15, 0.2) is 0 Å². The Balaban J connectivity index is 1.14. The number of benzene rings is 9. The van der Waals surface area contributed by atoms with Crippen LogP contribution in [-0.4, -0.2) is 0 Å². The second-order valence-electron chi connectivity index (χ2n) is 17.9. The Morgan fingerprint density at radius 1 is 0.415 bits per heavy atom. The van der Waals surface area contributed by atoms with E-state index in [0.717, 1.165) is 62.1 Å². The predicted molar refractivity (Wildman–Crippen MR) is 273 cm³/mol. The SMILES string of the molecule is CC1(C)c2ccccc2-c2c(-c3ccccc3N(c3ccccc3-c3ccccc3-c3ccccc3C3C=CC=CC3)c3ccccc3-c3cccc4oc5ccccc5c34)cccc21. The van der Waals surface area contributed by atoms with Gasteiger partial charge in [0, 0.05) is 38.8 Å². The van der Waals surface area contributed by atoms with Gasteiger partial charge in [0.2, 0.25) is 0 Å². The number of hydrogen-bond acceptors (Lipinski definition) is 2. The molecule has 310 valence electrons. The molecule has 0 saturated heterocycles. The zero-order valence-electron chi connectivity index (χ0n) is 36.6. The number of anilines is 3. The first-order valence-electron chi connectivity index (χ1n) is 22.8. The van der Waals surface area contributed by atoms with Crippen LogP contribution in [-0.2, 0) is 5.41 Å². The van der Waals surface area contributed by atoms with E-state index in [2.05, 4.69) is 243 Å². The summed E-state index contributed by atoms with van der Waals surface area (Å²) in [4.78, 5) is 2.53. The fourth-order valence-electron chi connectivity index (χ4n) is 10.9. The molecule has 0 N–H and O–H groups in total. The van der Waals surface area contributed by atoms with Gasteiger partial charge in [-0.25, -0.2) is 0 Å². The minimum atomic E-state index is -0.133. The van der Waals surface area contributed by atoms with E-state index in [9.17, 15) is 0 Å². The van der Waals surface area contributed by atoms with E-state index >= 15 is 0 Å². The van der Waals surface area contributed by atoms with Crippen molar-refractivity contribution >= 4 is 39.0 Å². The molecule has 10 aromatic rings. The van der Waals surface area contributed by atoms with Gasteiger partial charge in [-0.3, -0.25) is 0 Å². The van der Waals surface area contributed by atoms with Crippen LogP contribution in [0.15, 0.2) is 235 Å². The van der Waals surface area contributed by atoms with Crippen LogP contribution in [0.3, 0.4) is 0 Å². The largest absolute Gasteiger partial charge is 0.456 e. The van der Waals surface area contributed by atoms with Crippen molar-refractivity contribution in [1.29, 1.82) is 0 Å². The number of fused-ring (bicyclic) bond motifs is 6. The van der Waals surface area contributed by atoms with E-state index in [1.54, 1.807) is 0 Å². The van der Waals surface area contributed by atoms with Crippen molar-refractivity contribution in [1.82, 2.24) is 0 Å². The molecule has 0 aliphatic heterocycles. The van der Waals surface area contributed by atoms with Crippen LogP contribution in [0.2, 0.25) is 0 Å². The van der Waals surface area contributed by atoms with Crippen LogP contribution in [0, 0.1) is 0 Å². The highest BCUT2D eigenvalue weighted by Gasteiger charge is 2.37. The quantitative estimate of drug-likeness (QED) is 0.152. The fourth-order valence-corrected chi connectivity index (χ4v) is 10.9. The Morgan fingerprint density at radius 3 is 1.62 bits per heavy atom. The lowest BCUT2D eigenvalue weighted by atomic mass is 9.82. The Morgan fingerprint density at radius 2 is 0.908 bits per heavy atom. The molecular formula is C63H47NO. The van der Waals surface area contributed by atoms with Crippen LogP contribution < -0.4 is 4.90 Å². The molecule has 1 unspecified atom stereocenters. The molecule has 1 atom stereocenters. The average molecular weight is 834 g/mol. The molecule has 0 spiro atoms. The van der Waals surface area contributed by atoms with Gasteiger partial charge >= 0.3 is 0 Å². The molecule has 0 bridgehead atoms. The summed E-state index contributed by atoms with van der Waals surface area (Å²) >= 11 is 0. The maximum Gasteiger partial charge on any atom is 0.136 e. The van der Waals surface area contributed by atoms with Gasteiger partial charge in [-0.2, -0.15) is 0 Å². The van der Waals surface area contributed by atoms with E-state index in [4.69, 9.17) is 4.42 Å². The van der Waals surface area contributed by atoms with Crippen LogP contribution in [0.4, 0.5) is 17.1 Å². The summed E-state index contributed by atoms with van der Waals surface area (Å²) in [5, 5.41) is 2.22. The van der Waals surface area contributed by atoms with E-state index < -0.39 is 0 Å². The molecule has 9 aromatic carbocycles. The van der Waals surface area contributed by atoms with Gasteiger partial charge in [-0.15, -0.1) is 0 Å². The average Bonchev–Trinajstić information content (AvgIpc) is 3.87. The Labute approximate surface area is 381 Å². The van der Waals surface area contributed by atoms with Crippen molar-refractivity contribution in [3.05, 3.63) is 247 Å². The number of hydrogen-bond donors (Lipinski definition) is 0. The van der Waals surface area contributed by atoms with Gasteiger partial charge in [0.05, 0.1) is 17.1 Å². The molecule has 0 fully saturated rings. The molecule has 1 aromatic heterocycles. The zero-order valence-corrected chi connectivity index (χ0v) is 36.6. The molecule has 2 nitrogen and oxygen atoms in total. The minimum Gasteiger partial charge on any atom is -0.456 e. The third-order valence-electron chi connectivity index (χ3n) is 13.9. The Kier molecular flexibility index (Phi) is 9.35. The predicted octanol–water partition coefficient (Wildman–Crippen LogP) is 17.6. The van der Waals surface area contributed by atoms with Crippen molar-refractivity contribution in [2.75, 3.05) is 4.90 Å². The number of allylic oxidation sites excluding steroid dienone is 4. The minimum absolute atomic E-state index is 0.133. The molecular weight excluding hydrogens is 787 g/mol. The van der Waals surface area contributed by atoms with Gasteiger partial charge < -0.3 is 9.32 Å². The lowest BCUT2D eigenvalue weighted by Crippen LogP contribution is -2.15. The molecule has 0 saturated carbocycles. The number of rotatable bonds is 8. The highest BCUT2D eigenvalue weighted by Crippen LogP contribution is 2.55. The van der Waals surface area contributed by atoms with E-state index in [0.29, 0.717) is 5.92 Å². The summed E-state index contributed by atoms with van der Waals surface area (Å²) in [5.41, 5.74) is 21.0. The molecule has 2 aliphatic rings. The van der Waals surface area contributed by atoms with Crippen molar-refractivity contribution in [2.45, 2.75) is 31.6 Å². The normalized spacial score (nSPS) is 14.7. The summed E-state index contributed by atoms with van der Waals surface area (Å²) in [6.07, 6.45) is 9.95. The monoisotopic (exact) mass is 833 g/mol. The maximum absolute atomic E-state index is 6.51. The summed E-state index contributed by atoms with van der Waals surface area (Å²) in [7, 11) is 0. The Bertz CT molecular complexity index is 3520. The zero-order chi connectivity index (χ0) is 43.5. The molecule has 12 rings (SSSR count). The molecule has 1 heterocycles. The van der Waals surface area contributed by atoms with Gasteiger partial charge in [-0.05, 0) is 92.4 Å². The highest BCUT2D eigenvalue weighted by atomic mass is 16.3. The lowest BCUT2D eigenvalue weighted by Gasteiger charge is -2.32. The maximum atomic E-state index is 6.51. The highest BCUT2D eigenvalue weighted by molar-refractivity contribution is 6.14. The third-order valence-corrected chi connectivity index (χ3v) is 13.9. The van der Waals surface area contributed by atoms with E-state index in [-0.39, 0.29) is 5.41 Å². The van der Waals surface area contributed by atoms with E-state index in [1.807, 2.05) is 6.07 Å². The van der Waals surface area contributed by atoms with Gasteiger partial charge in [0.1, 0.15) is 11.2 Å². The Hall–Kier alpha value is -7.94. The van der Waals surface area contributed by atoms with Crippen LogP contribution in [0.5, 0.6) is 0 Å². The topological polar surface area (TPSA) is 16.4 Å². The van der Waals surface area contributed by atoms with Crippen LogP contribution in [0.1, 0.15) is 42.9 Å². The van der Waals surface area contributed by atoms with Crippen molar-refractivity contribution in [3.63, 3.8) is 0 Å². The lowest BCUT2D eigenvalue weighted by molar-refractivity contribution is 0.660. The van der Waals surface area contributed by atoms with E-state index in [1.165, 1.54) is 55.6 Å². The fraction of sp³-hybridized carbons (Fsp3) is 0.0794. The molecule has 0 radical (unpaired) electrons. The second-order valence-corrected chi connectivity index (χ2v) is 17.9. The van der Waals surface area contributed by atoms with Crippen molar-refractivity contribution in [3.8, 4) is 55.6 Å². The van der Waals surface area contributed by atoms with Crippen LogP contribution in [0.25, 0.3) is 77.6 Å². The van der Waals surface area contributed by atoms with Crippen molar-refractivity contribution < 1.29 is 4.42 Å². The number of furan rings is 1. The van der Waals surface area contributed by atoms with Gasteiger partial charge in [-0.1, -0.05) is 214 Å². The smallest absolute Gasteiger partial charge is 0.136 e. The molecule has 65 heavy (non-hydrogen) atoms. The van der Waals surface area contributed by atoms with Gasteiger partial charge in [0.25, 0.3) is 0 Å². The van der Waals surface area contributed by atoms with Crippen LogP contribution >= 0.6 is 0 Å². The van der Waals surface area contributed by atoms with Crippen molar-refractivity contribution in [2.24, 2.45) is 0 Å². The first-order chi connectivity index (χ1) is 32.1. The third kappa shape index (κ3) is 6.32. The number of para-hydroxylation sites is 4. The summed E-state index contributed by atoms with van der Waals surface area (Å²) < 4.78 is 6.51. The summed E-state index contributed by atoms with van der Waals surface area (Å²) in [5.74, 6) is 0.305. The molecule has 0 amide bonds. The summed E-state index contributed by atoms with van der Waals surface area (Å²) in [6.45, 7) is 4.73.